The summed E-state index contributed by atoms with van der Waals surface area (Å²) in [6.45, 7) is 2.30. The Balaban J connectivity index is 1.19. The van der Waals surface area contributed by atoms with Crippen molar-refractivity contribution >= 4 is 43.6 Å². The normalized spacial score (nSPS) is 11.9. The fraction of sp³-hybridized carbons (Fsp3) is 0.409. The number of para-hydroxylation sites is 4. The predicted molar refractivity (Wildman–Crippen MR) is 200 cm³/mol. The molecule has 0 radical (unpaired) electrons. The van der Waals surface area contributed by atoms with Gasteiger partial charge in [0.25, 0.3) is 0 Å². The average Bonchev–Trinajstić information content (AvgIpc) is 3.10. The summed E-state index contributed by atoms with van der Waals surface area (Å²) in [5.74, 6) is 0.248. The number of aromatic nitrogens is 2. The van der Waals surface area contributed by atoms with Gasteiger partial charge in [0.05, 0.1) is 22.1 Å². The number of fused-ring (bicyclic) bond motifs is 4. The predicted octanol–water partition coefficient (Wildman–Crippen LogP) is 13.5. The Morgan fingerprint density at radius 3 is 0.978 bits per heavy atom. The highest BCUT2D eigenvalue weighted by Gasteiger charge is 2.24. The molecule has 0 amide bonds. The molecule has 0 unspecified atom stereocenters. The fourth-order valence-electron chi connectivity index (χ4n) is 7.65. The third-order valence-electron chi connectivity index (χ3n) is 10.1. The SMILES string of the molecule is CCCCCCCCCCCCCCCCCC(c1c2ccccc2nc2ccccc12)c1c2ccccc2nc2ccccc12. The molecule has 0 saturated heterocycles. The Kier molecular flexibility index (Phi) is 11.7. The smallest absolute Gasteiger partial charge is 0.0712 e. The number of unbranched alkanes of at least 4 members (excludes halogenated alkanes) is 14. The van der Waals surface area contributed by atoms with Crippen molar-refractivity contribution in [2.75, 3.05) is 0 Å². The average molecular weight is 609 g/mol. The summed E-state index contributed by atoms with van der Waals surface area (Å²) in [5, 5.41) is 5.10. The number of hydrogen-bond donors (Lipinski definition) is 0. The molecule has 6 rings (SSSR count). The van der Waals surface area contributed by atoms with E-state index in [-0.39, 0.29) is 5.92 Å². The van der Waals surface area contributed by atoms with E-state index in [0.29, 0.717) is 0 Å². The van der Waals surface area contributed by atoms with Gasteiger partial charge in [0, 0.05) is 27.5 Å². The van der Waals surface area contributed by atoms with Crippen molar-refractivity contribution in [2.24, 2.45) is 0 Å². The number of nitrogens with zero attached hydrogens (tertiary/aromatic N) is 2. The molecule has 0 aliphatic heterocycles. The lowest BCUT2D eigenvalue weighted by Crippen LogP contribution is -2.07. The van der Waals surface area contributed by atoms with Crippen LogP contribution in [0.4, 0.5) is 0 Å². The van der Waals surface area contributed by atoms with Gasteiger partial charge < -0.3 is 0 Å². The van der Waals surface area contributed by atoms with Crippen molar-refractivity contribution in [3.63, 3.8) is 0 Å². The second-order valence-corrected chi connectivity index (χ2v) is 13.4. The summed E-state index contributed by atoms with van der Waals surface area (Å²) in [5.41, 5.74) is 7.18. The van der Waals surface area contributed by atoms with E-state index in [2.05, 4.69) is 104 Å². The van der Waals surface area contributed by atoms with Gasteiger partial charge in [-0.25, -0.2) is 9.97 Å². The zero-order valence-electron chi connectivity index (χ0n) is 28.0. The van der Waals surface area contributed by atoms with Crippen LogP contribution in [-0.4, -0.2) is 9.97 Å². The van der Waals surface area contributed by atoms with E-state index < -0.39 is 0 Å². The highest BCUT2D eigenvalue weighted by Crippen LogP contribution is 2.43. The fourth-order valence-corrected chi connectivity index (χ4v) is 7.65. The summed E-state index contributed by atoms with van der Waals surface area (Å²) < 4.78 is 0. The number of hydrogen-bond acceptors (Lipinski definition) is 2. The first-order valence-electron chi connectivity index (χ1n) is 18.4. The summed E-state index contributed by atoms with van der Waals surface area (Å²) in [7, 11) is 0. The minimum Gasteiger partial charge on any atom is -0.248 e. The quantitative estimate of drug-likeness (QED) is 0.0716. The Morgan fingerprint density at radius 1 is 0.370 bits per heavy atom. The van der Waals surface area contributed by atoms with Crippen LogP contribution in [0, 0.1) is 0 Å². The first-order valence-corrected chi connectivity index (χ1v) is 18.4. The molecule has 0 fully saturated rings. The van der Waals surface area contributed by atoms with Gasteiger partial charge in [0.1, 0.15) is 0 Å². The van der Waals surface area contributed by atoms with Crippen LogP contribution < -0.4 is 0 Å². The van der Waals surface area contributed by atoms with E-state index in [1.807, 2.05) is 0 Å². The first kappa shape index (κ1) is 32.2. The molecule has 0 atom stereocenters. The summed E-state index contributed by atoms with van der Waals surface area (Å²) >= 11 is 0. The van der Waals surface area contributed by atoms with Gasteiger partial charge in [-0.1, -0.05) is 176 Å². The molecule has 2 heteroatoms. The van der Waals surface area contributed by atoms with Crippen LogP contribution in [0.5, 0.6) is 0 Å². The minimum absolute atomic E-state index is 0.248. The Hall–Kier alpha value is -3.78. The maximum absolute atomic E-state index is 5.10. The molecule has 2 aromatic heterocycles. The van der Waals surface area contributed by atoms with Gasteiger partial charge >= 0.3 is 0 Å². The number of rotatable bonds is 18. The molecule has 2 nitrogen and oxygen atoms in total. The molecule has 0 aliphatic rings. The number of pyridine rings is 2. The third-order valence-corrected chi connectivity index (χ3v) is 10.1. The third kappa shape index (κ3) is 7.77. The lowest BCUT2D eigenvalue weighted by molar-refractivity contribution is 0.526. The largest absolute Gasteiger partial charge is 0.248 e. The second kappa shape index (κ2) is 16.7. The van der Waals surface area contributed by atoms with E-state index in [1.54, 1.807) is 0 Å². The van der Waals surface area contributed by atoms with Crippen molar-refractivity contribution in [1.29, 1.82) is 0 Å². The Labute approximate surface area is 276 Å². The standard InChI is InChI=1S/C44H52N2/c1-2-3-4-5-6-7-8-9-10-11-12-13-14-15-16-29-38(43-34-25-17-21-30-39(34)45-40-31-22-18-26-35(40)43)44-36-27-19-23-32-41(36)46-42-33-24-20-28-37(42)44/h17-28,30-33,38H,2-16,29H2,1H3. The molecular formula is C44H52N2. The van der Waals surface area contributed by atoms with Crippen molar-refractivity contribution in [3.05, 3.63) is 108 Å². The van der Waals surface area contributed by atoms with Gasteiger partial charge in [-0.05, 0) is 41.8 Å². The lowest BCUT2D eigenvalue weighted by Gasteiger charge is -2.25. The summed E-state index contributed by atoms with van der Waals surface area (Å²) in [6, 6.07) is 35.0. The summed E-state index contributed by atoms with van der Waals surface area (Å²) in [6.07, 6.45) is 21.9. The molecule has 2 heterocycles. The molecular weight excluding hydrogens is 556 g/mol. The molecule has 238 valence electrons. The minimum atomic E-state index is 0.248. The molecule has 0 aliphatic carbocycles. The van der Waals surface area contributed by atoms with E-state index in [1.165, 1.54) is 129 Å². The van der Waals surface area contributed by atoms with E-state index >= 15 is 0 Å². The zero-order valence-corrected chi connectivity index (χ0v) is 28.0. The van der Waals surface area contributed by atoms with E-state index in [9.17, 15) is 0 Å². The molecule has 0 spiro atoms. The van der Waals surface area contributed by atoms with Crippen molar-refractivity contribution < 1.29 is 0 Å². The maximum atomic E-state index is 5.10. The van der Waals surface area contributed by atoms with Crippen LogP contribution in [-0.2, 0) is 0 Å². The van der Waals surface area contributed by atoms with Gasteiger partial charge in [0.2, 0.25) is 0 Å². The molecule has 0 bridgehead atoms. The van der Waals surface area contributed by atoms with Gasteiger partial charge in [0.15, 0.2) is 0 Å². The van der Waals surface area contributed by atoms with Crippen LogP contribution in [0.15, 0.2) is 97.1 Å². The highest BCUT2D eigenvalue weighted by atomic mass is 14.7. The second-order valence-electron chi connectivity index (χ2n) is 13.4. The number of benzene rings is 4. The Bertz CT molecular complexity index is 1610. The highest BCUT2D eigenvalue weighted by molar-refractivity contribution is 6.03. The lowest BCUT2D eigenvalue weighted by atomic mass is 9.80. The van der Waals surface area contributed by atoms with E-state index in [0.717, 1.165) is 28.5 Å². The van der Waals surface area contributed by atoms with Crippen LogP contribution in [0.3, 0.4) is 0 Å². The molecule has 46 heavy (non-hydrogen) atoms. The van der Waals surface area contributed by atoms with Gasteiger partial charge in [-0.15, -0.1) is 0 Å². The van der Waals surface area contributed by atoms with Crippen LogP contribution >= 0.6 is 0 Å². The maximum Gasteiger partial charge on any atom is 0.0712 e. The van der Waals surface area contributed by atoms with Crippen LogP contribution in [0.25, 0.3) is 43.6 Å². The molecule has 0 saturated carbocycles. The van der Waals surface area contributed by atoms with Crippen molar-refractivity contribution in [1.82, 2.24) is 9.97 Å². The topological polar surface area (TPSA) is 25.8 Å². The van der Waals surface area contributed by atoms with Crippen molar-refractivity contribution in [2.45, 2.75) is 116 Å². The van der Waals surface area contributed by atoms with Crippen molar-refractivity contribution in [3.8, 4) is 0 Å². The van der Waals surface area contributed by atoms with Gasteiger partial charge in [-0.2, -0.15) is 0 Å². The van der Waals surface area contributed by atoms with Crippen LogP contribution in [0.2, 0.25) is 0 Å². The van der Waals surface area contributed by atoms with Gasteiger partial charge in [-0.3, -0.25) is 0 Å². The summed E-state index contributed by atoms with van der Waals surface area (Å²) in [4.78, 5) is 10.2. The zero-order chi connectivity index (χ0) is 31.4. The molecule has 6 aromatic rings. The monoisotopic (exact) mass is 608 g/mol. The first-order chi connectivity index (χ1) is 22.8. The van der Waals surface area contributed by atoms with Crippen LogP contribution in [0.1, 0.15) is 127 Å². The van der Waals surface area contributed by atoms with E-state index in [4.69, 9.17) is 9.97 Å². The molecule has 0 N–H and O–H groups in total. The Morgan fingerprint density at radius 2 is 0.652 bits per heavy atom. The molecule has 4 aromatic carbocycles.